The highest BCUT2D eigenvalue weighted by Gasteiger charge is 2.25. The lowest BCUT2D eigenvalue weighted by atomic mass is 10.2. The summed E-state index contributed by atoms with van der Waals surface area (Å²) in [5.41, 5.74) is 0.240. The Morgan fingerprint density at radius 2 is 2.15 bits per heavy atom. The largest absolute Gasteiger partial charge is 0.398 e. The molecule has 13 heavy (non-hydrogen) atoms. The summed E-state index contributed by atoms with van der Waals surface area (Å²) in [7, 11) is -4.97. The van der Waals surface area contributed by atoms with Gasteiger partial charge in [0.15, 0.2) is 0 Å². The molecule has 0 spiro atoms. The van der Waals surface area contributed by atoms with Crippen molar-refractivity contribution in [2.24, 2.45) is 0 Å². The molecule has 1 N–H and O–H groups in total. The van der Waals surface area contributed by atoms with Crippen LogP contribution in [0.3, 0.4) is 0 Å². The zero-order valence-corrected chi connectivity index (χ0v) is 7.89. The van der Waals surface area contributed by atoms with Crippen molar-refractivity contribution in [1.29, 1.82) is 0 Å². The molecule has 0 aliphatic carbocycles. The number of hydrogen-bond donors (Lipinski definition) is 1. The fourth-order valence-corrected chi connectivity index (χ4v) is 1.71. The van der Waals surface area contributed by atoms with E-state index in [2.05, 4.69) is 0 Å². The van der Waals surface area contributed by atoms with Gasteiger partial charge in [-0.25, -0.2) is 8.96 Å². The van der Waals surface area contributed by atoms with Crippen LogP contribution in [-0.4, -0.2) is 4.89 Å². The van der Waals surface area contributed by atoms with Gasteiger partial charge in [0, 0.05) is 0 Å². The normalized spacial score (nSPS) is 15.4. The Bertz CT molecular complexity index is 359. The molecule has 1 unspecified atom stereocenters. The minimum Gasteiger partial charge on any atom is -0.318 e. The van der Waals surface area contributed by atoms with Crippen molar-refractivity contribution in [3.63, 3.8) is 0 Å². The molecule has 2 nitrogen and oxygen atoms in total. The van der Waals surface area contributed by atoms with Crippen molar-refractivity contribution in [3.8, 4) is 0 Å². The maximum Gasteiger partial charge on any atom is 0.398 e. The molecule has 0 aliphatic rings. The topological polar surface area (TPSA) is 37.3 Å². The first-order valence-electron chi connectivity index (χ1n) is 3.77. The minimum atomic E-state index is -4.97. The van der Waals surface area contributed by atoms with Gasteiger partial charge in [-0.1, -0.05) is 19.1 Å². The molecule has 0 amide bonds. The van der Waals surface area contributed by atoms with Crippen LogP contribution in [0.15, 0.2) is 18.2 Å². The summed E-state index contributed by atoms with van der Waals surface area (Å²) in [6.07, 6.45) is 0.361. The number of hydrogen-bond acceptors (Lipinski definition) is 1. The highest BCUT2D eigenvalue weighted by atomic mass is 31.2. The summed E-state index contributed by atoms with van der Waals surface area (Å²) in [6.45, 7) is 1.68. The lowest BCUT2D eigenvalue weighted by Gasteiger charge is -2.05. The number of benzene rings is 1. The van der Waals surface area contributed by atoms with Crippen molar-refractivity contribution in [3.05, 3.63) is 29.6 Å². The van der Waals surface area contributed by atoms with E-state index in [0.717, 1.165) is 6.07 Å². The van der Waals surface area contributed by atoms with E-state index in [9.17, 15) is 13.2 Å². The maximum atomic E-state index is 13.2. The van der Waals surface area contributed by atoms with Gasteiger partial charge < -0.3 is 4.89 Å². The zero-order valence-electron chi connectivity index (χ0n) is 7.00. The van der Waals surface area contributed by atoms with Gasteiger partial charge in [-0.2, -0.15) is 4.20 Å². The molecular weight excluding hydrogens is 197 g/mol. The first kappa shape index (κ1) is 10.4. The molecule has 0 heterocycles. The minimum absolute atomic E-state index is 0.240. The Balaban J connectivity index is 3.32. The average molecular weight is 206 g/mol. The number of rotatable bonds is 2. The van der Waals surface area contributed by atoms with Gasteiger partial charge in [-0.15, -0.1) is 0 Å². The van der Waals surface area contributed by atoms with Gasteiger partial charge in [0.2, 0.25) is 0 Å². The first-order valence-corrected chi connectivity index (χ1v) is 5.32. The van der Waals surface area contributed by atoms with Crippen LogP contribution in [0.1, 0.15) is 12.5 Å². The third-order valence-electron chi connectivity index (χ3n) is 1.74. The van der Waals surface area contributed by atoms with E-state index in [-0.39, 0.29) is 5.56 Å². The molecule has 0 radical (unpaired) electrons. The average Bonchev–Trinajstić information content (AvgIpc) is 2.02. The second kappa shape index (κ2) is 3.56. The summed E-state index contributed by atoms with van der Waals surface area (Å²) in [5.74, 6) is -0.918. The summed E-state index contributed by atoms with van der Waals surface area (Å²) in [6, 6.07) is 3.80. The Labute approximate surface area is 74.8 Å². The van der Waals surface area contributed by atoms with Crippen LogP contribution < -0.4 is 5.30 Å². The van der Waals surface area contributed by atoms with Crippen molar-refractivity contribution in [1.82, 2.24) is 0 Å². The van der Waals surface area contributed by atoms with Gasteiger partial charge in [0.1, 0.15) is 11.1 Å². The number of halogens is 2. The van der Waals surface area contributed by atoms with Crippen LogP contribution in [0.2, 0.25) is 0 Å². The molecule has 0 aliphatic heterocycles. The molecule has 1 atom stereocenters. The predicted molar refractivity (Wildman–Crippen MR) is 46.3 cm³/mol. The molecule has 5 heteroatoms. The van der Waals surface area contributed by atoms with Crippen LogP contribution >= 0.6 is 7.68 Å². The highest BCUT2D eigenvalue weighted by Crippen LogP contribution is 2.41. The Hall–Kier alpha value is -0.730. The van der Waals surface area contributed by atoms with Crippen LogP contribution in [0.4, 0.5) is 8.59 Å². The number of aryl methyl sites for hydroxylation is 1. The summed E-state index contributed by atoms with van der Waals surface area (Å²) >= 11 is 0. The molecule has 1 rings (SSSR count). The van der Waals surface area contributed by atoms with E-state index >= 15 is 0 Å². The SMILES string of the molecule is CCc1cccc(P(=O)(O)F)c1F. The molecule has 0 saturated heterocycles. The van der Waals surface area contributed by atoms with Gasteiger partial charge in [0.25, 0.3) is 0 Å². The molecule has 0 fully saturated rings. The monoisotopic (exact) mass is 206 g/mol. The van der Waals surface area contributed by atoms with Gasteiger partial charge in [0.05, 0.1) is 0 Å². The van der Waals surface area contributed by atoms with E-state index in [1.165, 1.54) is 12.1 Å². The summed E-state index contributed by atoms with van der Waals surface area (Å²) in [4.78, 5) is 8.54. The summed E-state index contributed by atoms with van der Waals surface area (Å²) < 4.78 is 36.3. The van der Waals surface area contributed by atoms with Gasteiger partial charge in [-0.05, 0) is 18.1 Å². The lowest BCUT2D eigenvalue weighted by molar-refractivity contribution is 0.441. The van der Waals surface area contributed by atoms with E-state index in [1.54, 1.807) is 6.92 Å². The predicted octanol–water partition coefficient (Wildman–Crippen LogP) is 2.17. The molecule has 0 saturated carbocycles. The van der Waals surface area contributed by atoms with Gasteiger partial charge >= 0.3 is 7.68 Å². The third-order valence-corrected chi connectivity index (χ3v) is 2.68. The van der Waals surface area contributed by atoms with E-state index in [1.807, 2.05) is 0 Å². The van der Waals surface area contributed by atoms with Crippen LogP contribution in [0.25, 0.3) is 0 Å². The van der Waals surface area contributed by atoms with Gasteiger partial charge in [-0.3, -0.25) is 0 Å². The summed E-state index contributed by atoms with van der Waals surface area (Å²) in [5, 5.41) is -0.744. The smallest absolute Gasteiger partial charge is 0.318 e. The molecule has 72 valence electrons. The molecule has 0 bridgehead atoms. The van der Waals surface area contributed by atoms with Crippen molar-refractivity contribution in [2.45, 2.75) is 13.3 Å². The molecule has 1 aromatic rings. The maximum absolute atomic E-state index is 13.2. The second-order valence-electron chi connectivity index (χ2n) is 2.61. The fraction of sp³-hybridized carbons (Fsp3) is 0.250. The van der Waals surface area contributed by atoms with Crippen LogP contribution in [0, 0.1) is 5.82 Å². The first-order chi connectivity index (χ1) is 5.96. The molecular formula is C8H9F2O2P. The van der Waals surface area contributed by atoms with Crippen molar-refractivity contribution < 1.29 is 18.0 Å². The van der Waals surface area contributed by atoms with Crippen molar-refractivity contribution in [2.75, 3.05) is 0 Å². The standard InChI is InChI=1S/C8H9F2O2P/c1-2-6-4-3-5-7(8(6)9)13(10,11)12/h3-5H,2H2,1H3,(H,11,12). The molecule has 0 aromatic heterocycles. The third kappa shape index (κ3) is 2.14. The van der Waals surface area contributed by atoms with Crippen LogP contribution in [-0.2, 0) is 11.0 Å². The van der Waals surface area contributed by atoms with E-state index in [0.29, 0.717) is 6.42 Å². The van der Waals surface area contributed by atoms with Crippen LogP contribution in [0.5, 0.6) is 0 Å². The van der Waals surface area contributed by atoms with Crippen molar-refractivity contribution >= 4 is 13.0 Å². The zero-order chi connectivity index (χ0) is 10.1. The molecule has 1 aromatic carbocycles. The lowest BCUT2D eigenvalue weighted by Crippen LogP contribution is -2.09. The fourth-order valence-electron chi connectivity index (χ4n) is 1.05. The highest BCUT2D eigenvalue weighted by molar-refractivity contribution is 7.60. The van der Waals surface area contributed by atoms with E-state index in [4.69, 9.17) is 4.89 Å². The quantitative estimate of drug-likeness (QED) is 0.753. The Kier molecular flexibility index (Phi) is 2.84. The Morgan fingerprint density at radius 3 is 2.62 bits per heavy atom. The second-order valence-corrected chi connectivity index (χ2v) is 4.09. The Morgan fingerprint density at radius 1 is 1.54 bits per heavy atom. The van der Waals surface area contributed by atoms with E-state index < -0.39 is 18.8 Å².